The van der Waals surface area contributed by atoms with E-state index in [0.717, 1.165) is 47.1 Å². The Hall–Kier alpha value is -4.30. The number of piperazine rings is 1. The molecular weight excluding hydrogens is 502 g/mol. The van der Waals surface area contributed by atoms with Crippen LogP contribution in [0.3, 0.4) is 0 Å². The van der Waals surface area contributed by atoms with Gasteiger partial charge in [0, 0.05) is 61.1 Å². The maximum Gasteiger partial charge on any atom is 0.254 e. The Morgan fingerprint density at radius 3 is 2.45 bits per heavy atom. The molecule has 1 N–H and O–H groups in total. The predicted molar refractivity (Wildman–Crippen MR) is 158 cm³/mol. The van der Waals surface area contributed by atoms with Crippen molar-refractivity contribution in [3.63, 3.8) is 0 Å². The van der Waals surface area contributed by atoms with Crippen LogP contribution in [0.25, 0.3) is 10.9 Å². The fourth-order valence-electron chi connectivity index (χ4n) is 4.68. The Morgan fingerprint density at radius 2 is 1.80 bits per heavy atom. The third kappa shape index (κ3) is 7.64. The lowest BCUT2D eigenvalue weighted by molar-refractivity contribution is -0.120. The van der Waals surface area contributed by atoms with E-state index in [4.69, 9.17) is 4.84 Å². The summed E-state index contributed by atoms with van der Waals surface area (Å²) < 4.78 is 0. The first-order chi connectivity index (χ1) is 19.5. The van der Waals surface area contributed by atoms with Crippen molar-refractivity contribution >= 4 is 28.9 Å². The van der Waals surface area contributed by atoms with Gasteiger partial charge in [-0.3, -0.25) is 29.9 Å². The highest BCUT2D eigenvalue weighted by molar-refractivity contribution is 5.95. The summed E-state index contributed by atoms with van der Waals surface area (Å²) in [5.74, 6) is -0.0181. The average molecular weight is 540 g/mol. The van der Waals surface area contributed by atoms with Crippen molar-refractivity contribution in [1.29, 1.82) is 0 Å². The van der Waals surface area contributed by atoms with E-state index < -0.39 is 0 Å². The molecule has 2 atom stereocenters. The van der Waals surface area contributed by atoms with Crippen LogP contribution in [0.1, 0.15) is 41.9 Å². The molecule has 2 aromatic heterocycles. The molecule has 3 heterocycles. The van der Waals surface area contributed by atoms with Crippen LogP contribution in [-0.4, -0.2) is 63.9 Å². The molecule has 1 saturated heterocycles. The van der Waals surface area contributed by atoms with Gasteiger partial charge in [-0.2, -0.15) is 0 Å². The summed E-state index contributed by atoms with van der Waals surface area (Å²) in [7, 11) is 0. The van der Waals surface area contributed by atoms with Gasteiger partial charge in [0.25, 0.3) is 5.91 Å². The second kappa shape index (κ2) is 14.2. The monoisotopic (exact) mass is 539 g/mol. The van der Waals surface area contributed by atoms with Gasteiger partial charge in [0.05, 0.1) is 17.3 Å². The van der Waals surface area contributed by atoms with Crippen LogP contribution < -0.4 is 5.48 Å². The minimum atomic E-state index is -0.0196. The molecule has 1 aliphatic heterocycles. The van der Waals surface area contributed by atoms with Crippen molar-refractivity contribution in [3.05, 3.63) is 102 Å². The number of aromatic nitrogens is 2. The zero-order chi connectivity index (χ0) is 28.3. The quantitative estimate of drug-likeness (QED) is 0.242. The Labute approximate surface area is 236 Å². The summed E-state index contributed by atoms with van der Waals surface area (Å²) in [5.41, 5.74) is 7.70. The molecular formula is C32H37N5O3. The number of nitrogens with one attached hydrogen (secondary N) is 1. The van der Waals surface area contributed by atoms with E-state index in [9.17, 15) is 9.59 Å². The molecule has 5 rings (SSSR count). The van der Waals surface area contributed by atoms with Crippen LogP contribution in [0.4, 0.5) is 5.69 Å². The fraction of sp³-hybridized carbons (Fsp3) is 0.312. The van der Waals surface area contributed by atoms with E-state index in [1.807, 2.05) is 73.5 Å². The lowest BCUT2D eigenvalue weighted by Crippen LogP contribution is -2.53. The highest BCUT2D eigenvalue weighted by atomic mass is 16.7. The smallest absolute Gasteiger partial charge is 0.254 e. The van der Waals surface area contributed by atoms with E-state index in [0.29, 0.717) is 25.2 Å². The predicted octanol–water partition coefficient (Wildman–Crippen LogP) is 5.29. The minimum absolute atomic E-state index is 0.00791. The van der Waals surface area contributed by atoms with Crippen LogP contribution >= 0.6 is 0 Å². The Bertz CT molecular complexity index is 1380. The molecule has 0 radical (unpaired) electrons. The Balaban J connectivity index is 0.000000461. The third-order valence-electron chi connectivity index (χ3n) is 6.98. The van der Waals surface area contributed by atoms with Crippen molar-refractivity contribution in [2.24, 2.45) is 0 Å². The maximum atomic E-state index is 12.9. The summed E-state index contributed by atoms with van der Waals surface area (Å²) in [5, 5.41) is 1.12. The van der Waals surface area contributed by atoms with Crippen LogP contribution in [0.15, 0.2) is 85.2 Å². The zero-order valence-corrected chi connectivity index (χ0v) is 23.4. The maximum absolute atomic E-state index is 12.9. The van der Waals surface area contributed by atoms with Gasteiger partial charge < -0.3 is 9.80 Å². The van der Waals surface area contributed by atoms with Crippen LogP contribution in [0.2, 0.25) is 0 Å². The van der Waals surface area contributed by atoms with Gasteiger partial charge in [-0.05, 0) is 68.3 Å². The highest BCUT2D eigenvalue weighted by Crippen LogP contribution is 2.20. The number of rotatable bonds is 8. The molecule has 0 bridgehead atoms. The van der Waals surface area contributed by atoms with E-state index in [-0.39, 0.29) is 18.1 Å². The Kier molecular flexibility index (Phi) is 10.2. The summed E-state index contributed by atoms with van der Waals surface area (Å²) in [6, 6.07) is 23.4. The van der Waals surface area contributed by atoms with Gasteiger partial charge in [0.2, 0.25) is 6.41 Å². The second-order valence-corrected chi connectivity index (χ2v) is 9.94. The molecule has 8 heteroatoms. The molecule has 208 valence electrons. The number of hydrogen-bond acceptors (Lipinski definition) is 6. The second-order valence-electron chi connectivity index (χ2n) is 9.94. The van der Waals surface area contributed by atoms with Crippen molar-refractivity contribution < 1.29 is 14.4 Å². The third-order valence-corrected chi connectivity index (χ3v) is 6.98. The summed E-state index contributed by atoms with van der Waals surface area (Å²) in [6.07, 6.45) is 6.02. The number of amides is 2. The zero-order valence-electron chi connectivity index (χ0n) is 23.4. The number of carbonyl (C=O) groups excluding carboxylic acids is 2. The van der Waals surface area contributed by atoms with Gasteiger partial charge in [-0.15, -0.1) is 0 Å². The number of carbonyl (C=O) groups is 2. The summed E-state index contributed by atoms with van der Waals surface area (Å²) in [4.78, 5) is 41.9. The highest BCUT2D eigenvalue weighted by Gasteiger charge is 2.27. The molecule has 1 unspecified atom stereocenters. The van der Waals surface area contributed by atoms with Gasteiger partial charge in [0.15, 0.2) is 0 Å². The summed E-state index contributed by atoms with van der Waals surface area (Å²) in [6.45, 7) is 7.71. The lowest BCUT2D eigenvalue weighted by Gasteiger charge is -2.38. The minimum Gasteiger partial charge on any atom is -0.341 e. The van der Waals surface area contributed by atoms with Gasteiger partial charge in [-0.25, -0.2) is 0 Å². The van der Waals surface area contributed by atoms with Gasteiger partial charge in [-0.1, -0.05) is 37.3 Å². The van der Waals surface area contributed by atoms with E-state index in [1.165, 1.54) is 0 Å². The molecule has 0 saturated carbocycles. The van der Waals surface area contributed by atoms with Crippen molar-refractivity contribution in [3.8, 4) is 0 Å². The number of aryl methyl sites for hydroxylation is 1. The molecule has 1 fully saturated rings. The van der Waals surface area contributed by atoms with E-state index in [2.05, 4.69) is 46.6 Å². The van der Waals surface area contributed by atoms with E-state index >= 15 is 0 Å². The first kappa shape index (κ1) is 28.7. The Morgan fingerprint density at radius 1 is 1.02 bits per heavy atom. The average Bonchev–Trinajstić information content (AvgIpc) is 3.00. The standard InChI is InChI=1S/C26H30N4O3.C6H7N/c1-3-24(16-22-7-4-6-20-8-5-13-27-25(20)22)33-28-23-11-9-21(10-12-23)26(32)30-15-14-29(18-31)17-19(30)2;1-6-4-2-3-5-7-6/h4-13,18-19,24,28H,3,14-17H2,1-2H3;2-5H,1H3/t19-,24?;/m1./s1. The molecule has 2 aromatic carbocycles. The number of pyridine rings is 2. The van der Waals surface area contributed by atoms with Crippen molar-refractivity contribution in [2.75, 3.05) is 25.1 Å². The van der Waals surface area contributed by atoms with Crippen molar-refractivity contribution in [2.45, 2.75) is 45.8 Å². The van der Waals surface area contributed by atoms with Gasteiger partial charge >= 0.3 is 0 Å². The molecule has 4 aromatic rings. The first-order valence-corrected chi connectivity index (χ1v) is 13.7. The van der Waals surface area contributed by atoms with Crippen LogP contribution in [0.5, 0.6) is 0 Å². The number of benzene rings is 2. The van der Waals surface area contributed by atoms with Crippen LogP contribution in [0, 0.1) is 6.92 Å². The lowest BCUT2D eigenvalue weighted by atomic mass is 10.0. The largest absolute Gasteiger partial charge is 0.341 e. The number of fused-ring (bicyclic) bond motifs is 1. The molecule has 0 aliphatic carbocycles. The number of anilines is 1. The fourth-order valence-corrected chi connectivity index (χ4v) is 4.68. The number of nitrogens with zero attached hydrogens (tertiary/aromatic N) is 4. The molecule has 8 nitrogen and oxygen atoms in total. The summed E-state index contributed by atoms with van der Waals surface area (Å²) >= 11 is 0. The van der Waals surface area contributed by atoms with Crippen LogP contribution in [-0.2, 0) is 16.1 Å². The normalized spacial score (nSPS) is 15.6. The van der Waals surface area contributed by atoms with E-state index in [1.54, 1.807) is 11.1 Å². The molecule has 2 amide bonds. The first-order valence-electron chi connectivity index (χ1n) is 13.7. The number of para-hydroxylation sites is 1. The SMILES string of the molecule is CCC(Cc1cccc2cccnc12)ONc1ccc(C(=O)N2CCN(C=O)C[C@H]2C)cc1.Cc1ccccn1. The molecule has 40 heavy (non-hydrogen) atoms. The topological polar surface area (TPSA) is 87.7 Å². The number of hydrogen-bond donors (Lipinski definition) is 1. The molecule has 1 aliphatic rings. The molecule has 0 spiro atoms. The van der Waals surface area contributed by atoms with Crippen molar-refractivity contribution in [1.82, 2.24) is 19.8 Å². The van der Waals surface area contributed by atoms with Gasteiger partial charge in [0.1, 0.15) is 0 Å².